The molecular formula is C19H26N2O4. The molecule has 0 unspecified atom stereocenters. The SMILES string of the molecule is CC(=O)CCC(=O)OCC(=O)Nc1ccc(N2CCC(C)CC2)cc1. The number of nitrogens with zero attached hydrogens (tertiary/aromatic N) is 1. The lowest BCUT2D eigenvalue weighted by Gasteiger charge is -2.32. The van der Waals surface area contributed by atoms with Crippen LogP contribution in [-0.2, 0) is 19.1 Å². The van der Waals surface area contributed by atoms with E-state index in [1.807, 2.05) is 24.3 Å². The second-order valence-corrected chi connectivity index (χ2v) is 6.63. The molecule has 1 fully saturated rings. The molecule has 1 N–H and O–H groups in total. The van der Waals surface area contributed by atoms with Crippen LogP contribution in [0, 0.1) is 5.92 Å². The summed E-state index contributed by atoms with van der Waals surface area (Å²) in [5, 5.41) is 2.70. The van der Waals surface area contributed by atoms with Crippen LogP contribution >= 0.6 is 0 Å². The number of hydrogen-bond donors (Lipinski definition) is 1. The van der Waals surface area contributed by atoms with Crippen molar-refractivity contribution in [2.45, 2.75) is 39.5 Å². The van der Waals surface area contributed by atoms with Gasteiger partial charge in [-0.15, -0.1) is 0 Å². The van der Waals surface area contributed by atoms with E-state index in [9.17, 15) is 14.4 Å². The standard InChI is InChI=1S/C19H26N2O4/c1-14-9-11-21(12-10-14)17-6-4-16(5-7-17)20-18(23)13-25-19(24)8-3-15(2)22/h4-7,14H,3,8-13H2,1-2H3,(H,20,23). The Kier molecular flexibility index (Phi) is 6.98. The van der Waals surface area contributed by atoms with Gasteiger partial charge in [0, 0.05) is 30.9 Å². The molecule has 6 nitrogen and oxygen atoms in total. The number of ether oxygens (including phenoxy) is 1. The van der Waals surface area contributed by atoms with Gasteiger partial charge in [0.25, 0.3) is 5.91 Å². The third-order valence-corrected chi connectivity index (χ3v) is 4.35. The lowest BCUT2D eigenvalue weighted by atomic mass is 9.99. The average Bonchev–Trinajstić information content (AvgIpc) is 2.59. The first-order valence-electron chi connectivity index (χ1n) is 8.74. The van der Waals surface area contributed by atoms with Gasteiger partial charge in [-0.1, -0.05) is 6.92 Å². The molecule has 0 aromatic heterocycles. The van der Waals surface area contributed by atoms with Crippen LogP contribution in [0.4, 0.5) is 11.4 Å². The zero-order valence-electron chi connectivity index (χ0n) is 14.9. The highest BCUT2D eigenvalue weighted by atomic mass is 16.5. The fourth-order valence-electron chi connectivity index (χ4n) is 2.72. The zero-order chi connectivity index (χ0) is 18.2. The van der Waals surface area contributed by atoms with Gasteiger partial charge >= 0.3 is 5.97 Å². The van der Waals surface area contributed by atoms with Crippen LogP contribution in [0.2, 0.25) is 0 Å². The third-order valence-electron chi connectivity index (χ3n) is 4.35. The molecule has 0 atom stereocenters. The van der Waals surface area contributed by atoms with Crippen molar-refractivity contribution in [2.75, 3.05) is 29.9 Å². The van der Waals surface area contributed by atoms with Gasteiger partial charge in [0.1, 0.15) is 5.78 Å². The minimum atomic E-state index is -0.542. The largest absolute Gasteiger partial charge is 0.456 e. The van der Waals surface area contributed by atoms with E-state index < -0.39 is 11.9 Å². The normalized spacial score (nSPS) is 14.9. The Bertz CT molecular complexity index is 604. The van der Waals surface area contributed by atoms with Gasteiger partial charge in [-0.3, -0.25) is 9.59 Å². The van der Waals surface area contributed by atoms with Crippen molar-refractivity contribution in [3.63, 3.8) is 0 Å². The number of rotatable bonds is 7. The van der Waals surface area contributed by atoms with Crippen LogP contribution in [0.1, 0.15) is 39.5 Å². The Morgan fingerprint density at radius 2 is 1.76 bits per heavy atom. The molecule has 1 amide bonds. The smallest absolute Gasteiger partial charge is 0.306 e. The van der Waals surface area contributed by atoms with E-state index in [0.717, 1.165) is 24.7 Å². The molecule has 1 aromatic carbocycles. The number of ketones is 1. The summed E-state index contributed by atoms with van der Waals surface area (Å²) in [5.41, 5.74) is 1.82. The molecule has 0 spiro atoms. The average molecular weight is 346 g/mol. The first-order chi connectivity index (χ1) is 11.9. The van der Waals surface area contributed by atoms with E-state index in [-0.39, 0.29) is 25.2 Å². The number of carbonyl (C=O) groups excluding carboxylic acids is 3. The first-order valence-corrected chi connectivity index (χ1v) is 8.74. The highest BCUT2D eigenvalue weighted by molar-refractivity contribution is 5.93. The molecule has 0 saturated carbocycles. The Balaban J connectivity index is 1.75. The van der Waals surface area contributed by atoms with Crippen LogP contribution in [0.3, 0.4) is 0 Å². The second-order valence-electron chi connectivity index (χ2n) is 6.63. The van der Waals surface area contributed by atoms with Crippen molar-refractivity contribution in [3.8, 4) is 0 Å². The van der Waals surface area contributed by atoms with Gasteiger partial charge in [-0.05, 0) is 49.9 Å². The number of piperidine rings is 1. The fourth-order valence-corrected chi connectivity index (χ4v) is 2.72. The minimum Gasteiger partial charge on any atom is -0.456 e. The summed E-state index contributed by atoms with van der Waals surface area (Å²) in [6, 6.07) is 7.68. The monoisotopic (exact) mass is 346 g/mol. The predicted octanol–water partition coefficient (Wildman–Crippen LogP) is 2.77. The van der Waals surface area contributed by atoms with Crippen LogP contribution < -0.4 is 10.2 Å². The van der Waals surface area contributed by atoms with Crippen molar-refractivity contribution in [1.82, 2.24) is 0 Å². The third kappa shape index (κ3) is 6.57. The van der Waals surface area contributed by atoms with Crippen molar-refractivity contribution < 1.29 is 19.1 Å². The van der Waals surface area contributed by atoms with E-state index in [4.69, 9.17) is 4.74 Å². The van der Waals surface area contributed by atoms with E-state index >= 15 is 0 Å². The molecule has 1 heterocycles. The van der Waals surface area contributed by atoms with Crippen LogP contribution in [-0.4, -0.2) is 37.4 Å². The van der Waals surface area contributed by atoms with E-state index in [0.29, 0.717) is 5.69 Å². The summed E-state index contributed by atoms with van der Waals surface area (Å²) in [5.74, 6) is -0.228. The molecule has 1 aromatic rings. The fraction of sp³-hybridized carbons (Fsp3) is 0.526. The topological polar surface area (TPSA) is 75.7 Å². The molecule has 6 heteroatoms. The summed E-state index contributed by atoms with van der Waals surface area (Å²) in [4.78, 5) is 36.3. The van der Waals surface area contributed by atoms with Gasteiger partial charge in [0.05, 0.1) is 6.42 Å². The second kappa shape index (κ2) is 9.20. The highest BCUT2D eigenvalue weighted by Gasteiger charge is 2.16. The van der Waals surface area contributed by atoms with E-state index in [1.165, 1.54) is 19.8 Å². The number of esters is 1. The Hall–Kier alpha value is -2.37. The first kappa shape index (κ1) is 19.0. The number of Topliss-reactive ketones (excluding diaryl/α,β-unsaturated/α-hetero) is 1. The number of benzene rings is 1. The van der Waals surface area contributed by atoms with Gasteiger partial charge in [-0.2, -0.15) is 0 Å². The van der Waals surface area contributed by atoms with E-state index in [2.05, 4.69) is 17.1 Å². The van der Waals surface area contributed by atoms with Gasteiger partial charge in [-0.25, -0.2) is 0 Å². The van der Waals surface area contributed by atoms with Crippen molar-refractivity contribution >= 4 is 29.0 Å². The Morgan fingerprint density at radius 1 is 1.12 bits per heavy atom. The molecular weight excluding hydrogens is 320 g/mol. The zero-order valence-corrected chi connectivity index (χ0v) is 14.9. The summed E-state index contributed by atoms with van der Waals surface area (Å²) in [6.07, 6.45) is 2.55. The summed E-state index contributed by atoms with van der Waals surface area (Å²) in [6.45, 7) is 5.46. The maximum Gasteiger partial charge on any atom is 0.306 e. The molecule has 0 radical (unpaired) electrons. The molecule has 1 aliphatic rings. The van der Waals surface area contributed by atoms with Crippen LogP contribution in [0.25, 0.3) is 0 Å². The summed E-state index contributed by atoms with van der Waals surface area (Å²) in [7, 11) is 0. The quantitative estimate of drug-likeness (QED) is 0.768. The van der Waals surface area contributed by atoms with Gasteiger partial charge in [0.2, 0.25) is 0 Å². The lowest BCUT2D eigenvalue weighted by molar-refractivity contribution is -0.148. The minimum absolute atomic E-state index is 0.00572. The predicted molar refractivity (Wildman–Crippen MR) is 96.6 cm³/mol. The highest BCUT2D eigenvalue weighted by Crippen LogP contribution is 2.24. The number of nitrogens with one attached hydrogen (secondary N) is 1. The number of hydrogen-bond acceptors (Lipinski definition) is 5. The molecule has 136 valence electrons. The maximum atomic E-state index is 11.8. The number of amides is 1. The summed E-state index contributed by atoms with van der Waals surface area (Å²) >= 11 is 0. The van der Waals surface area contributed by atoms with Crippen LogP contribution in [0.15, 0.2) is 24.3 Å². The maximum absolute atomic E-state index is 11.8. The molecule has 0 aliphatic carbocycles. The molecule has 25 heavy (non-hydrogen) atoms. The molecule has 1 saturated heterocycles. The lowest BCUT2D eigenvalue weighted by Crippen LogP contribution is -2.32. The molecule has 1 aliphatic heterocycles. The van der Waals surface area contributed by atoms with E-state index in [1.54, 1.807) is 0 Å². The molecule has 0 bridgehead atoms. The van der Waals surface area contributed by atoms with Crippen molar-refractivity contribution in [2.24, 2.45) is 5.92 Å². The number of anilines is 2. The van der Waals surface area contributed by atoms with Gasteiger partial charge in [0.15, 0.2) is 6.61 Å². The van der Waals surface area contributed by atoms with Crippen LogP contribution in [0.5, 0.6) is 0 Å². The Labute approximate surface area is 148 Å². The Morgan fingerprint density at radius 3 is 2.36 bits per heavy atom. The summed E-state index contributed by atoms with van der Waals surface area (Å²) < 4.78 is 4.84. The van der Waals surface area contributed by atoms with Crippen molar-refractivity contribution in [1.29, 1.82) is 0 Å². The molecule has 2 rings (SSSR count). The van der Waals surface area contributed by atoms with Crippen molar-refractivity contribution in [3.05, 3.63) is 24.3 Å². The van der Waals surface area contributed by atoms with Gasteiger partial charge < -0.3 is 19.7 Å². The number of carbonyl (C=O) groups is 3.